The van der Waals surface area contributed by atoms with E-state index in [4.69, 9.17) is 4.99 Å². The van der Waals surface area contributed by atoms with E-state index in [9.17, 15) is 5.11 Å². The van der Waals surface area contributed by atoms with Crippen molar-refractivity contribution in [3.05, 3.63) is 29.8 Å². The van der Waals surface area contributed by atoms with Crippen LogP contribution in [0.3, 0.4) is 0 Å². The highest BCUT2D eigenvalue weighted by Gasteiger charge is 2.20. The number of hydrogen-bond donors (Lipinski definition) is 2. The summed E-state index contributed by atoms with van der Waals surface area (Å²) >= 11 is 0. The van der Waals surface area contributed by atoms with Gasteiger partial charge >= 0.3 is 0 Å². The number of fused-ring (bicyclic) bond motifs is 1. The monoisotopic (exact) mass is 256 g/mol. The van der Waals surface area contributed by atoms with Crippen LogP contribution in [0.4, 0.5) is 0 Å². The molecule has 0 spiro atoms. The number of rotatable bonds is 2. The Labute approximate surface area is 113 Å². The predicted octanol–water partition coefficient (Wildman–Crippen LogP) is 3.87. The van der Waals surface area contributed by atoms with E-state index in [-0.39, 0.29) is 5.88 Å². The second-order valence-corrected chi connectivity index (χ2v) is 5.54. The van der Waals surface area contributed by atoms with Crippen LogP contribution in [0.2, 0.25) is 0 Å². The summed E-state index contributed by atoms with van der Waals surface area (Å²) in [4.78, 5) is 7.70. The fraction of sp³-hybridized carbons (Fsp3) is 0.438. The van der Waals surface area contributed by atoms with E-state index >= 15 is 0 Å². The summed E-state index contributed by atoms with van der Waals surface area (Å²) in [6.07, 6.45) is 6.88. The van der Waals surface area contributed by atoms with Crippen LogP contribution in [-0.4, -0.2) is 22.3 Å². The van der Waals surface area contributed by atoms with Crippen molar-refractivity contribution in [1.82, 2.24) is 4.98 Å². The van der Waals surface area contributed by atoms with Gasteiger partial charge in [-0.3, -0.25) is 4.99 Å². The summed E-state index contributed by atoms with van der Waals surface area (Å²) in [5.74, 6) is 0.866. The molecule has 19 heavy (non-hydrogen) atoms. The second-order valence-electron chi connectivity index (χ2n) is 5.54. The Morgan fingerprint density at radius 1 is 1.26 bits per heavy atom. The minimum Gasteiger partial charge on any atom is -0.494 e. The number of nitrogens with zero attached hydrogens (tertiary/aromatic N) is 1. The minimum atomic E-state index is 0.216. The number of aliphatic imine (C=N–C) groups is 1. The molecule has 0 bridgehead atoms. The average Bonchev–Trinajstić information content (AvgIpc) is 2.74. The fourth-order valence-corrected chi connectivity index (χ4v) is 2.97. The molecule has 3 nitrogen and oxygen atoms in total. The molecule has 2 N–H and O–H groups in total. The first-order valence-corrected chi connectivity index (χ1v) is 7.08. The molecule has 1 aliphatic carbocycles. The van der Waals surface area contributed by atoms with Crippen molar-refractivity contribution < 1.29 is 5.11 Å². The molecule has 100 valence electrons. The number of para-hydroxylation sites is 1. The molecule has 1 aliphatic rings. The van der Waals surface area contributed by atoms with Crippen LogP contribution < -0.4 is 0 Å². The van der Waals surface area contributed by atoms with E-state index < -0.39 is 0 Å². The predicted molar refractivity (Wildman–Crippen MR) is 79.0 cm³/mol. The van der Waals surface area contributed by atoms with Gasteiger partial charge in [0, 0.05) is 17.1 Å². The molecule has 0 unspecified atom stereocenters. The summed E-state index contributed by atoms with van der Waals surface area (Å²) in [5, 5.41) is 11.0. The van der Waals surface area contributed by atoms with Crippen LogP contribution in [0.5, 0.6) is 5.88 Å². The van der Waals surface area contributed by atoms with Crippen molar-refractivity contribution in [1.29, 1.82) is 0 Å². The SMILES string of the molecule is C[C@H]1CCCC[C@@H]1N=Cc1c(O)[nH]c2ccccc12. The van der Waals surface area contributed by atoms with E-state index in [0.29, 0.717) is 12.0 Å². The number of aromatic nitrogens is 1. The first-order valence-electron chi connectivity index (χ1n) is 7.08. The largest absolute Gasteiger partial charge is 0.494 e. The van der Waals surface area contributed by atoms with Gasteiger partial charge in [-0.25, -0.2) is 0 Å². The van der Waals surface area contributed by atoms with Crippen molar-refractivity contribution in [2.75, 3.05) is 0 Å². The number of hydrogen-bond acceptors (Lipinski definition) is 2. The third kappa shape index (κ3) is 2.37. The number of aromatic hydroxyl groups is 1. The molecule has 0 saturated heterocycles. The van der Waals surface area contributed by atoms with E-state index in [1.807, 2.05) is 30.5 Å². The Morgan fingerprint density at radius 3 is 2.89 bits per heavy atom. The number of aromatic amines is 1. The summed E-state index contributed by atoms with van der Waals surface area (Å²) in [5.41, 5.74) is 1.77. The van der Waals surface area contributed by atoms with Crippen LogP contribution >= 0.6 is 0 Å². The first-order chi connectivity index (χ1) is 9.25. The molecule has 0 aliphatic heterocycles. The lowest BCUT2D eigenvalue weighted by Gasteiger charge is -2.25. The van der Waals surface area contributed by atoms with Crippen LogP contribution in [0.15, 0.2) is 29.3 Å². The van der Waals surface area contributed by atoms with Gasteiger partial charge in [-0.15, -0.1) is 0 Å². The highest BCUT2D eigenvalue weighted by Crippen LogP contribution is 2.28. The highest BCUT2D eigenvalue weighted by atomic mass is 16.3. The Hall–Kier alpha value is -1.77. The van der Waals surface area contributed by atoms with Gasteiger partial charge in [0.15, 0.2) is 5.88 Å². The van der Waals surface area contributed by atoms with Gasteiger partial charge in [0.1, 0.15) is 0 Å². The molecule has 0 radical (unpaired) electrons. The minimum absolute atomic E-state index is 0.216. The van der Waals surface area contributed by atoms with Crippen molar-refractivity contribution in [3.63, 3.8) is 0 Å². The lowest BCUT2D eigenvalue weighted by Crippen LogP contribution is -2.20. The molecule has 1 aromatic heterocycles. The molecule has 2 aromatic rings. The molecular weight excluding hydrogens is 236 g/mol. The summed E-state index contributed by atoms with van der Waals surface area (Å²) in [6.45, 7) is 2.27. The van der Waals surface area contributed by atoms with E-state index in [1.165, 1.54) is 25.7 Å². The lowest BCUT2D eigenvalue weighted by molar-refractivity contribution is 0.333. The van der Waals surface area contributed by atoms with Gasteiger partial charge < -0.3 is 10.1 Å². The second kappa shape index (κ2) is 5.08. The molecule has 2 atom stereocenters. The fourth-order valence-electron chi connectivity index (χ4n) is 2.97. The average molecular weight is 256 g/mol. The summed E-state index contributed by atoms with van der Waals surface area (Å²) < 4.78 is 0. The molecule has 1 aromatic carbocycles. The number of nitrogens with one attached hydrogen (secondary N) is 1. The number of benzene rings is 1. The van der Waals surface area contributed by atoms with E-state index in [2.05, 4.69) is 11.9 Å². The highest BCUT2D eigenvalue weighted by molar-refractivity contribution is 6.01. The maximum atomic E-state index is 9.98. The maximum absolute atomic E-state index is 9.98. The molecule has 0 amide bonds. The smallest absolute Gasteiger partial charge is 0.198 e. The first kappa shape index (κ1) is 12.3. The summed E-state index contributed by atoms with van der Waals surface area (Å²) in [7, 11) is 0. The van der Waals surface area contributed by atoms with Crippen molar-refractivity contribution >= 4 is 17.1 Å². The number of H-pyrrole nitrogens is 1. The Balaban J connectivity index is 1.90. The normalized spacial score (nSPS) is 24.3. The summed E-state index contributed by atoms with van der Waals surface area (Å²) in [6, 6.07) is 8.33. The van der Waals surface area contributed by atoms with Gasteiger partial charge in [-0.2, -0.15) is 0 Å². The van der Waals surface area contributed by atoms with Crippen LogP contribution in [0, 0.1) is 5.92 Å². The van der Waals surface area contributed by atoms with Crippen LogP contribution in [-0.2, 0) is 0 Å². The molecule has 3 heteroatoms. The third-order valence-corrected chi connectivity index (χ3v) is 4.19. The molecule has 1 saturated carbocycles. The van der Waals surface area contributed by atoms with Gasteiger partial charge in [0.05, 0.1) is 11.6 Å². The standard InChI is InChI=1S/C16H20N2O/c1-11-6-2-4-8-14(11)17-10-13-12-7-3-5-9-15(12)18-16(13)19/h3,5,7,9-11,14,18-19H,2,4,6,8H2,1H3/t11-,14-/m0/s1. The Morgan fingerprint density at radius 2 is 2.05 bits per heavy atom. The van der Waals surface area contributed by atoms with E-state index in [1.54, 1.807) is 0 Å². The topological polar surface area (TPSA) is 48.4 Å². The zero-order chi connectivity index (χ0) is 13.2. The molecule has 1 fully saturated rings. The van der Waals surface area contributed by atoms with Crippen molar-refractivity contribution in [3.8, 4) is 5.88 Å². The van der Waals surface area contributed by atoms with Gasteiger partial charge in [-0.1, -0.05) is 38.0 Å². The Bertz CT molecular complexity index is 600. The van der Waals surface area contributed by atoms with E-state index in [0.717, 1.165) is 16.5 Å². The van der Waals surface area contributed by atoms with Gasteiger partial charge in [0.25, 0.3) is 0 Å². The van der Waals surface area contributed by atoms with Gasteiger partial charge in [0.2, 0.25) is 0 Å². The van der Waals surface area contributed by atoms with Crippen LogP contribution in [0.1, 0.15) is 38.2 Å². The van der Waals surface area contributed by atoms with Crippen molar-refractivity contribution in [2.45, 2.75) is 38.6 Å². The quantitative estimate of drug-likeness (QED) is 0.787. The van der Waals surface area contributed by atoms with Crippen molar-refractivity contribution in [2.24, 2.45) is 10.9 Å². The zero-order valence-electron chi connectivity index (χ0n) is 11.3. The maximum Gasteiger partial charge on any atom is 0.198 e. The molecule has 1 heterocycles. The Kier molecular flexibility index (Phi) is 3.28. The molecular formula is C16H20N2O. The zero-order valence-corrected chi connectivity index (χ0v) is 11.3. The molecule has 3 rings (SSSR count). The van der Waals surface area contributed by atoms with Crippen LogP contribution in [0.25, 0.3) is 10.9 Å². The third-order valence-electron chi connectivity index (χ3n) is 4.19. The lowest BCUT2D eigenvalue weighted by atomic mass is 9.86. The van der Waals surface area contributed by atoms with Gasteiger partial charge in [-0.05, 0) is 24.8 Å².